The molecule has 0 radical (unpaired) electrons. The van der Waals surface area contributed by atoms with E-state index >= 15 is 0 Å². The number of carbonyl (C=O) groups is 3. The van der Waals surface area contributed by atoms with Gasteiger partial charge in [-0.15, -0.1) is 11.3 Å². The third-order valence-electron chi connectivity index (χ3n) is 4.97. The Labute approximate surface area is 174 Å². The minimum Gasteiger partial charge on any atom is -0.457 e. The lowest BCUT2D eigenvalue weighted by atomic mass is 9.83. The number of rotatable bonds is 7. The first kappa shape index (κ1) is 20.8. The average Bonchev–Trinajstić information content (AvgIpc) is 3.30. The molecule has 2 heterocycles. The molecule has 0 aliphatic carbocycles. The third-order valence-corrected chi connectivity index (χ3v) is 5.84. The maximum atomic E-state index is 12.4. The molecule has 0 fully saturated rings. The zero-order valence-electron chi connectivity index (χ0n) is 16.7. The van der Waals surface area contributed by atoms with E-state index in [0.717, 1.165) is 16.9 Å². The number of para-hydroxylation sites is 1. The van der Waals surface area contributed by atoms with Gasteiger partial charge in [0, 0.05) is 36.5 Å². The zero-order chi connectivity index (χ0) is 21.0. The van der Waals surface area contributed by atoms with E-state index in [-0.39, 0.29) is 36.7 Å². The molecule has 7 heteroatoms. The summed E-state index contributed by atoms with van der Waals surface area (Å²) in [5.74, 6) is -1.02. The van der Waals surface area contributed by atoms with Gasteiger partial charge in [0.05, 0.1) is 11.3 Å². The van der Waals surface area contributed by atoms with Crippen LogP contribution < -0.4 is 10.2 Å². The molecule has 1 aromatic carbocycles. The lowest BCUT2D eigenvalue weighted by Crippen LogP contribution is -2.27. The normalized spacial score (nSPS) is 15.8. The van der Waals surface area contributed by atoms with E-state index in [1.165, 1.54) is 11.3 Å². The highest BCUT2D eigenvalue weighted by atomic mass is 32.1. The Morgan fingerprint density at radius 3 is 2.62 bits per heavy atom. The number of amides is 1. The molecule has 0 atom stereocenters. The molecule has 1 aromatic heterocycles. The SMILES string of the molecule is CN1/C(=C\C(=O)COC(=O)CCNC(=O)c2cccs2)C(C)(C)c2ccccc21. The number of allylic oxidation sites excluding steroid dienone is 1. The van der Waals surface area contributed by atoms with Crippen LogP contribution in [-0.4, -0.2) is 37.9 Å². The highest BCUT2D eigenvalue weighted by Crippen LogP contribution is 2.46. The number of anilines is 1. The predicted octanol–water partition coefficient (Wildman–Crippen LogP) is 3.29. The molecule has 1 N–H and O–H groups in total. The van der Waals surface area contributed by atoms with Crippen LogP contribution in [0.1, 0.15) is 35.5 Å². The fraction of sp³-hybridized carbons (Fsp3) is 0.318. The first-order valence-electron chi connectivity index (χ1n) is 9.36. The van der Waals surface area contributed by atoms with Crippen molar-refractivity contribution in [2.45, 2.75) is 25.7 Å². The summed E-state index contributed by atoms with van der Waals surface area (Å²) in [5.41, 5.74) is 2.77. The van der Waals surface area contributed by atoms with Crippen LogP contribution in [0.3, 0.4) is 0 Å². The van der Waals surface area contributed by atoms with Gasteiger partial charge in [-0.2, -0.15) is 0 Å². The molecule has 1 aliphatic heterocycles. The van der Waals surface area contributed by atoms with Crippen molar-refractivity contribution < 1.29 is 19.1 Å². The Bertz CT molecular complexity index is 947. The Hall–Kier alpha value is -2.93. The summed E-state index contributed by atoms with van der Waals surface area (Å²) >= 11 is 1.33. The van der Waals surface area contributed by atoms with E-state index in [0.29, 0.717) is 4.88 Å². The minimum absolute atomic E-state index is 0.0117. The molecule has 0 spiro atoms. The highest BCUT2D eigenvalue weighted by Gasteiger charge is 2.38. The summed E-state index contributed by atoms with van der Waals surface area (Å²) in [4.78, 5) is 38.6. The van der Waals surface area contributed by atoms with Gasteiger partial charge in [-0.1, -0.05) is 38.1 Å². The van der Waals surface area contributed by atoms with Gasteiger partial charge >= 0.3 is 5.97 Å². The van der Waals surface area contributed by atoms with Crippen LogP contribution in [0.4, 0.5) is 5.69 Å². The maximum absolute atomic E-state index is 12.4. The van der Waals surface area contributed by atoms with E-state index < -0.39 is 5.97 Å². The molecule has 0 saturated carbocycles. The van der Waals surface area contributed by atoms with E-state index in [4.69, 9.17) is 4.74 Å². The third kappa shape index (κ3) is 4.56. The van der Waals surface area contributed by atoms with Crippen LogP contribution in [0.2, 0.25) is 0 Å². The maximum Gasteiger partial charge on any atom is 0.308 e. The number of thiophene rings is 1. The van der Waals surface area contributed by atoms with Crippen LogP contribution in [0.15, 0.2) is 53.6 Å². The quantitative estimate of drug-likeness (QED) is 0.558. The van der Waals surface area contributed by atoms with Crippen molar-refractivity contribution in [2.75, 3.05) is 25.1 Å². The van der Waals surface area contributed by atoms with Crippen molar-refractivity contribution in [2.24, 2.45) is 0 Å². The summed E-state index contributed by atoms with van der Waals surface area (Å²) in [7, 11) is 1.93. The molecular weight excluding hydrogens is 388 g/mol. The number of ketones is 1. The van der Waals surface area contributed by atoms with Gasteiger partial charge in [-0.3, -0.25) is 14.4 Å². The van der Waals surface area contributed by atoms with Gasteiger partial charge in [-0.25, -0.2) is 0 Å². The number of hydrogen-bond donors (Lipinski definition) is 1. The van der Waals surface area contributed by atoms with Crippen molar-refractivity contribution in [1.82, 2.24) is 5.32 Å². The van der Waals surface area contributed by atoms with Crippen molar-refractivity contribution in [3.8, 4) is 0 Å². The molecule has 6 nitrogen and oxygen atoms in total. The van der Waals surface area contributed by atoms with Crippen LogP contribution in [0, 0.1) is 0 Å². The van der Waals surface area contributed by atoms with Crippen LogP contribution >= 0.6 is 11.3 Å². The number of fused-ring (bicyclic) bond motifs is 1. The second kappa shape index (κ2) is 8.61. The molecule has 1 amide bonds. The van der Waals surface area contributed by atoms with E-state index in [1.807, 2.05) is 35.5 Å². The van der Waals surface area contributed by atoms with Gasteiger partial charge in [0.15, 0.2) is 12.4 Å². The number of likely N-dealkylation sites (N-methyl/N-ethyl adjacent to an activating group) is 1. The number of esters is 1. The zero-order valence-corrected chi connectivity index (χ0v) is 17.5. The van der Waals surface area contributed by atoms with Crippen molar-refractivity contribution in [3.63, 3.8) is 0 Å². The van der Waals surface area contributed by atoms with Crippen LogP contribution in [0.25, 0.3) is 0 Å². The van der Waals surface area contributed by atoms with Gasteiger partial charge < -0.3 is 15.0 Å². The first-order chi connectivity index (χ1) is 13.8. The summed E-state index contributed by atoms with van der Waals surface area (Å²) < 4.78 is 5.07. The van der Waals surface area contributed by atoms with Crippen molar-refractivity contribution in [3.05, 3.63) is 64.0 Å². The summed E-state index contributed by atoms with van der Waals surface area (Å²) in [6, 6.07) is 11.5. The largest absolute Gasteiger partial charge is 0.457 e. The van der Waals surface area contributed by atoms with Gasteiger partial charge in [0.1, 0.15) is 0 Å². The number of nitrogens with one attached hydrogen (secondary N) is 1. The number of carbonyl (C=O) groups excluding carboxylic acids is 3. The first-order valence-corrected chi connectivity index (χ1v) is 10.2. The fourth-order valence-corrected chi connectivity index (χ4v) is 4.09. The van der Waals surface area contributed by atoms with E-state index in [9.17, 15) is 14.4 Å². The molecule has 2 aromatic rings. The summed E-state index contributed by atoms with van der Waals surface area (Å²) in [5, 5.41) is 4.47. The number of ether oxygens (including phenoxy) is 1. The number of nitrogens with zero attached hydrogens (tertiary/aromatic N) is 1. The second-order valence-corrected chi connectivity index (χ2v) is 8.29. The summed E-state index contributed by atoms with van der Waals surface area (Å²) in [6.45, 7) is 3.98. The smallest absolute Gasteiger partial charge is 0.308 e. The lowest BCUT2D eigenvalue weighted by molar-refractivity contribution is -0.146. The molecular formula is C22H24N2O4S. The lowest BCUT2D eigenvalue weighted by Gasteiger charge is -2.23. The molecule has 0 unspecified atom stereocenters. The fourth-order valence-electron chi connectivity index (χ4n) is 3.45. The van der Waals surface area contributed by atoms with Gasteiger partial charge in [0.25, 0.3) is 5.91 Å². The standard InChI is InChI=1S/C22H24N2O4S/c1-22(2)16-7-4-5-8-17(16)24(3)19(22)13-15(25)14-28-20(26)10-11-23-21(27)18-9-6-12-29-18/h4-9,12-13H,10-11,14H2,1-3H3,(H,23,27)/b19-13-. The molecule has 152 valence electrons. The van der Waals surface area contributed by atoms with Crippen molar-refractivity contribution in [1.29, 1.82) is 0 Å². The second-order valence-electron chi connectivity index (χ2n) is 7.34. The molecule has 0 bridgehead atoms. The van der Waals surface area contributed by atoms with Gasteiger partial charge in [0.2, 0.25) is 0 Å². The Balaban J connectivity index is 1.49. The Kier molecular flexibility index (Phi) is 6.17. The number of benzene rings is 1. The van der Waals surface area contributed by atoms with E-state index in [1.54, 1.807) is 18.2 Å². The minimum atomic E-state index is -0.523. The predicted molar refractivity (Wildman–Crippen MR) is 113 cm³/mol. The number of hydrogen-bond acceptors (Lipinski definition) is 6. The topological polar surface area (TPSA) is 75.7 Å². The van der Waals surface area contributed by atoms with Crippen molar-refractivity contribution >= 4 is 34.7 Å². The van der Waals surface area contributed by atoms with Gasteiger partial charge in [-0.05, 0) is 23.1 Å². The Morgan fingerprint density at radius 1 is 1.17 bits per heavy atom. The van der Waals surface area contributed by atoms with Crippen LogP contribution in [-0.2, 0) is 19.7 Å². The average molecular weight is 413 g/mol. The monoisotopic (exact) mass is 412 g/mol. The van der Waals surface area contributed by atoms with E-state index in [2.05, 4.69) is 25.2 Å². The summed E-state index contributed by atoms with van der Waals surface area (Å²) in [6.07, 6.45) is 1.56. The molecule has 3 rings (SSSR count). The van der Waals surface area contributed by atoms with Crippen LogP contribution in [0.5, 0.6) is 0 Å². The molecule has 0 saturated heterocycles. The molecule has 29 heavy (non-hydrogen) atoms. The highest BCUT2D eigenvalue weighted by molar-refractivity contribution is 7.12. The molecule has 1 aliphatic rings. The Morgan fingerprint density at radius 2 is 1.93 bits per heavy atom.